The maximum atomic E-state index is 10.4. The average molecular weight is 224 g/mol. The van der Waals surface area contributed by atoms with E-state index in [1.54, 1.807) is 7.11 Å². The highest BCUT2D eigenvalue weighted by atomic mass is 16.6. The highest BCUT2D eigenvalue weighted by molar-refractivity contribution is 5.74. The van der Waals surface area contributed by atoms with Crippen LogP contribution in [-0.2, 0) is 16.2 Å². The van der Waals surface area contributed by atoms with Crippen LogP contribution in [0.15, 0.2) is 18.2 Å². The number of primary amides is 1. The van der Waals surface area contributed by atoms with Gasteiger partial charge in [0.05, 0.1) is 7.11 Å². The Hall–Kier alpha value is -1.59. The molecule has 5 nitrogen and oxygen atoms in total. The number of aryl methyl sites for hydroxylation is 1. The fourth-order valence-electron chi connectivity index (χ4n) is 1.31. The van der Waals surface area contributed by atoms with Crippen LogP contribution in [0.3, 0.4) is 0 Å². The Balaban J connectivity index is 2.43. The van der Waals surface area contributed by atoms with Crippen molar-refractivity contribution in [2.75, 3.05) is 13.7 Å². The number of nitrogens with two attached hydrogens (primary N) is 1. The third-order valence-corrected chi connectivity index (χ3v) is 2.05. The summed E-state index contributed by atoms with van der Waals surface area (Å²) in [6.45, 7) is 2.35. The highest BCUT2D eigenvalue weighted by Gasteiger charge is 2.00. The maximum Gasteiger partial charge on any atom is 0.245 e. The van der Waals surface area contributed by atoms with E-state index in [0.29, 0.717) is 6.54 Å². The summed E-state index contributed by atoms with van der Waals surface area (Å²) in [5.41, 5.74) is 9.67. The predicted octanol–water partition coefficient (Wildman–Crippen LogP) is 0.510. The SMILES string of the molecule is COc1ccc(CNOCC(N)=O)cc1C. The molecule has 0 saturated heterocycles. The number of ether oxygens (including phenoxy) is 1. The Bertz CT molecular complexity index is 366. The third-order valence-electron chi connectivity index (χ3n) is 2.05. The standard InChI is InChI=1S/C11H16N2O3/c1-8-5-9(3-4-10(8)15-2)6-13-16-7-11(12)14/h3-5,13H,6-7H2,1-2H3,(H2,12,14). The Labute approximate surface area is 94.5 Å². The number of carbonyl (C=O) groups is 1. The molecule has 3 N–H and O–H groups in total. The molecule has 1 aromatic rings. The maximum absolute atomic E-state index is 10.4. The lowest BCUT2D eigenvalue weighted by atomic mass is 10.1. The van der Waals surface area contributed by atoms with Crippen molar-refractivity contribution < 1.29 is 14.4 Å². The molecule has 0 aliphatic carbocycles. The first-order chi connectivity index (χ1) is 7.63. The number of benzene rings is 1. The summed E-state index contributed by atoms with van der Waals surface area (Å²) in [6.07, 6.45) is 0. The first-order valence-corrected chi connectivity index (χ1v) is 4.90. The molecule has 1 aromatic carbocycles. The van der Waals surface area contributed by atoms with Crippen molar-refractivity contribution in [3.63, 3.8) is 0 Å². The number of methoxy groups -OCH3 is 1. The smallest absolute Gasteiger partial charge is 0.245 e. The summed E-state index contributed by atoms with van der Waals surface area (Å²) in [7, 11) is 1.64. The number of nitrogens with one attached hydrogen (secondary N) is 1. The van der Waals surface area contributed by atoms with E-state index in [9.17, 15) is 4.79 Å². The van der Waals surface area contributed by atoms with E-state index in [2.05, 4.69) is 5.48 Å². The summed E-state index contributed by atoms with van der Waals surface area (Å²) in [6, 6.07) is 5.80. The molecule has 0 saturated carbocycles. The highest BCUT2D eigenvalue weighted by Crippen LogP contribution is 2.18. The van der Waals surface area contributed by atoms with Crippen LogP contribution >= 0.6 is 0 Å². The second-order valence-corrected chi connectivity index (χ2v) is 3.38. The van der Waals surface area contributed by atoms with Crippen molar-refractivity contribution in [2.45, 2.75) is 13.5 Å². The van der Waals surface area contributed by atoms with Gasteiger partial charge in [-0.3, -0.25) is 9.63 Å². The Morgan fingerprint density at radius 3 is 2.81 bits per heavy atom. The average Bonchev–Trinajstić information content (AvgIpc) is 2.24. The first kappa shape index (κ1) is 12.5. The van der Waals surface area contributed by atoms with Gasteiger partial charge in [0, 0.05) is 6.54 Å². The van der Waals surface area contributed by atoms with Crippen molar-refractivity contribution >= 4 is 5.91 Å². The molecule has 0 aliphatic heterocycles. The van der Waals surface area contributed by atoms with Crippen LogP contribution in [0.2, 0.25) is 0 Å². The van der Waals surface area contributed by atoms with Crippen LogP contribution in [0.4, 0.5) is 0 Å². The topological polar surface area (TPSA) is 73.6 Å². The van der Waals surface area contributed by atoms with Crippen molar-refractivity contribution in [3.8, 4) is 5.75 Å². The van der Waals surface area contributed by atoms with Crippen molar-refractivity contribution in [1.29, 1.82) is 0 Å². The molecular formula is C11H16N2O3. The van der Waals surface area contributed by atoms with E-state index in [1.807, 2.05) is 25.1 Å². The molecule has 0 atom stereocenters. The van der Waals surface area contributed by atoms with E-state index >= 15 is 0 Å². The number of amides is 1. The van der Waals surface area contributed by atoms with Gasteiger partial charge in [-0.05, 0) is 24.1 Å². The normalized spacial score (nSPS) is 10.1. The van der Waals surface area contributed by atoms with E-state index in [0.717, 1.165) is 16.9 Å². The number of hydrogen-bond donors (Lipinski definition) is 2. The quantitative estimate of drug-likeness (QED) is 0.545. The summed E-state index contributed by atoms with van der Waals surface area (Å²) < 4.78 is 5.14. The predicted molar refractivity (Wildman–Crippen MR) is 59.7 cm³/mol. The van der Waals surface area contributed by atoms with Crippen LogP contribution in [-0.4, -0.2) is 19.6 Å². The van der Waals surface area contributed by atoms with Crippen molar-refractivity contribution in [2.24, 2.45) is 5.73 Å². The van der Waals surface area contributed by atoms with Gasteiger partial charge in [-0.2, -0.15) is 5.48 Å². The van der Waals surface area contributed by atoms with Gasteiger partial charge in [-0.1, -0.05) is 12.1 Å². The molecule has 1 rings (SSSR count). The molecule has 0 aromatic heterocycles. The minimum atomic E-state index is -0.501. The molecule has 5 heteroatoms. The van der Waals surface area contributed by atoms with Gasteiger partial charge in [0.2, 0.25) is 5.91 Å². The molecule has 16 heavy (non-hydrogen) atoms. The van der Waals surface area contributed by atoms with Gasteiger partial charge in [-0.15, -0.1) is 0 Å². The molecule has 1 amide bonds. The van der Waals surface area contributed by atoms with Gasteiger partial charge in [0.25, 0.3) is 0 Å². The van der Waals surface area contributed by atoms with Crippen molar-refractivity contribution in [3.05, 3.63) is 29.3 Å². The summed E-state index contributed by atoms with van der Waals surface area (Å²) in [5.74, 6) is 0.347. The van der Waals surface area contributed by atoms with Gasteiger partial charge in [0.15, 0.2) is 0 Å². The number of carbonyl (C=O) groups excluding carboxylic acids is 1. The largest absolute Gasteiger partial charge is 0.496 e. The first-order valence-electron chi connectivity index (χ1n) is 4.90. The molecule has 0 spiro atoms. The number of rotatable bonds is 6. The molecule has 0 aliphatic rings. The minimum Gasteiger partial charge on any atom is -0.496 e. The second-order valence-electron chi connectivity index (χ2n) is 3.38. The third kappa shape index (κ3) is 3.88. The second kappa shape index (κ2) is 6.09. The van der Waals surface area contributed by atoms with Gasteiger partial charge < -0.3 is 10.5 Å². The summed E-state index contributed by atoms with van der Waals surface area (Å²) >= 11 is 0. The lowest BCUT2D eigenvalue weighted by molar-refractivity contribution is -0.125. The molecule has 0 fully saturated rings. The molecule has 0 radical (unpaired) electrons. The zero-order chi connectivity index (χ0) is 12.0. The Morgan fingerprint density at radius 2 is 2.25 bits per heavy atom. The lowest BCUT2D eigenvalue weighted by Gasteiger charge is -2.08. The van der Waals surface area contributed by atoms with Gasteiger partial charge in [-0.25, -0.2) is 0 Å². The Kier molecular flexibility index (Phi) is 4.75. The molecule has 0 unspecified atom stereocenters. The van der Waals surface area contributed by atoms with Gasteiger partial charge >= 0.3 is 0 Å². The minimum absolute atomic E-state index is 0.130. The summed E-state index contributed by atoms with van der Waals surface area (Å²) in [4.78, 5) is 15.2. The molecular weight excluding hydrogens is 208 g/mol. The zero-order valence-corrected chi connectivity index (χ0v) is 9.45. The van der Waals surface area contributed by atoms with Crippen molar-refractivity contribution in [1.82, 2.24) is 5.48 Å². The van der Waals surface area contributed by atoms with Crippen LogP contribution in [0.5, 0.6) is 5.75 Å². The number of hydroxylamine groups is 1. The monoisotopic (exact) mass is 224 g/mol. The van der Waals surface area contributed by atoms with E-state index in [1.165, 1.54) is 0 Å². The van der Waals surface area contributed by atoms with Crippen LogP contribution < -0.4 is 16.0 Å². The lowest BCUT2D eigenvalue weighted by Crippen LogP contribution is -2.24. The van der Waals surface area contributed by atoms with E-state index < -0.39 is 5.91 Å². The zero-order valence-electron chi connectivity index (χ0n) is 9.45. The van der Waals surface area contributed by atoms with E-state index in [-0.39, 0.29) is 6.61 Å². The van der Waals surface area contributed by atoms with Crippen LogP contribution in [0, 0.1) is 6.92 Å². The Morgan fingerprint density at radius 1 is 1.50 bits per heavy atom. The molecule has 0 bridgehead atoms. The summed E-state index contributed by atoms with van der Waals surface area (Å²) in [5, 5.41) is 0. The molecule has 88 valence electrons. The molecule has 0 heterocycles. The van der Waals surface area contributed by atoms with Gasteiger partial charge in [0.1, 0.15) is 12.4 Å². The fraction of sp³-hybridized carbons (Fsp3) is 0.364. The van der Waals surface area contributed by atoms with Crippen LogP contribution in [0.1, 0.15) is 11.1 Å². The van der Waals surface area contributed by atoms with E-state index in [4.69, 9.17) is 15.3 Å². The fourth-order valence-corrected chi connectivity index (χ4v) is 1.31. The van der Waals surface area contributed by atoms with Crippen LogP contribution in [0.25, 0.3) is 0 Å². The number of hydrogen-bond acceptors (Lipinski definition) is 4.